The van der Waals surface area contributed by atoms with Gasteiger partial charge in [-0.15, -0.1) is 0 Å². The summed E-state index contributed by atoms with van der Waals surface area (Å²) in [5, 5.41) is 13.0. The van der Waals surface area contributed by atoms with Crippen molar-refractivity contribution >= 4 is 0 Å². The molecule has 2 N–H and O–H groups in total. The van der Waals surface area contributed by atoms with E-state index < -0.39 is 17.7 Å². The van der Waals surface area contributed by atoms with Crippen LogP contribution in [0.4, 0.5) is 8.78 Å². The molecule has 0 heterocycles. The second-order valence-electron chi connectivity index (χ2n) is 5.52. The average molecular weight is 299 g/mol. The normalized spacial score (nSPS) is 17.9. The minimum Gasteiger partial charge on any atom is -0.387 e. The van der Waals surface area contributed by atoms with E-state index in [-0.39, 0.29) is 0 Å². The zero-order chi connectivity index (χ0) is 15.1. The maximum atomic E-state index is 13.1. The number of aliphatic hydroxyl groups is 1. The van der Waals surface area contributed by atoms with Crippen LogP contribution < -0.4 is 5.32 Å². The molecule has 1 unspecified atom stereocenters. The molecule has 3 nitrogen and oxygen atoms in total. The number of aliphatic hydroxyl groups excluding tert-OH is 1. The molecule has 0 aliphatic heterocycles. The molecule has 1 saturated carbocycles. The number of halogens is 2. The molecule has 0 spiro atoms. The zero-order valence-electron chi connectivity index (χ0n) is 12.2. The van der Waals surface area contributed by atoms with Gasteiger partial charge in [-0.3, -0.25) is 0 Å². The van der Waals surface area contributed by atoms with Crippen molar-refractivity contribution in [2.24, 2.45) is 0 Å². The molecule has 1 aromatic rings. The molecule has 0 bridgehead atoms. The lowest BCUT2D eigenvalue weighted by atomic mass is 9.98. The van der Waals surface area contributed by atoms with Gasteiger partial charge in [0.15, 0.2) is 11.6 Å². The van der Waals surface area contributed by atoms with E-state index in [0.717, 1.165) is 25.0 Å². The molecule has 5 heteroatoms. The molecule has 118 valence electrons. The van der Waals surface area contributed by atoms with Crippen LogP contribution >= 0.6 is 0 Å². The molecule has 1 atom stereocenters. The summed E-state index contributed by atoms with van der Waals surface area (Å²) in [5.41, 5.74) is 0.370. The molecule has 0 radical (unpaired) electrons. The van der Waals surface area contributed by atoms with E-state index in [2.05, 4.69) is 5.32 Å². The van der Waals surface area contributed by atoms with E-state index in [4.69, 9.17) is 4.74 Å². The molecule has 1 fully saturated rings. The SMILES string of the molecule is OC(CNCCOC1CCCCC1)c1ccc(F)c(F)c1. The second kappa shape index (κ2) is 8.41. The Morgan fingerprint density at radius 2 is 1.95 bits per heavy atom. The predicted molar refractivity (Wildman–Crippen MR) is 77.0 cm³/mol. The topological polar surface area (TPSA) is 41.5 Å². The molecule has 1 aliphatic rings. The Labute approximate surface area is 124 Å². The van der Waals surface area contributed by atoms with Crippen LogP contribution in [0.5, 0.6) is 0 Å². The van der Waals surface area contributed by atoms with E-state index >= 15 is 0 Å². The molecule has 0 aromatic heterocycles. The minimum atomic E-state index is -0.938. The van der Waals surface area contributed by atoms with E-state index in [0.29, 0.717) is 31.4 Å². The molecule has 1 aliphatic carbocycles. The van der Waals surface area contributed by atoms with Crippen molar-refractivity contribution in [3.05, 3.63) is 35.4 Å². The smallest absolute Gasteiger partial charge is 0.159 e. The molecule has 1 aromatic carbocycles. The van der Waals surface area contributed by atoms with Gasteiger partial charge in [-0.1, -0.05) is 25.3 Å². The predicted octanol–water partition coefficient (Wildman–Crippen LogP) is 2.94. The third kappa shape index (κ3) is 5.34. The number of hydrogen-bond acceptors (Lipinski definition) is 3. The molecule has 21 heavy (non-hydrogen) atoms. The third-order valence-corrected chi connectivity index (χ3v) is 3.85. The van der Waals surface area contributed by atoms with Crippen molar-refractivity contribution in [2.75, 3.05) is 19.7 Å². The van der Waals surface area contributed by atoms with E-state index in [1.807, 2.05) is 0 Å². The first-order chi connectivity index (χ1) is 10.2. The highest BCUT2D eigenvalue weighted by Crippen LogP contribution is 2.20. The van der Waals surface area contributed by atoms with Gasteiger partial charge in [-0.05, 0) is 30.5 Å². The number of rotatable bonds is 7. The Kier molecular flexibility index (Phi) is 6.54. The van der Waals surface area contributed by atoms with Crippen LogP contribution in [0.25, 0.3) is 0 Å². The lowest BCUT2D eigenvalue weighted by molar-refractivity contribution is 0.0292. The quantitative estimate of drug-likeness (QED) is 0.761. The van der Waals surface area contributed by atoms with Gasteiger partial charge in [-0.2, -0.15) is 0 Å². The van der Waals surface area contributed by atoms with Crippen molar-refractivity contribution in [3.8, 4) is 0 Å². The van der Waals surface area contributed by atoms with Crippen LogP contribution in [0.15, 0.2) is 18.2 Å². The van der Waals surface area contributed by atoms with E-state index in [9.17, 15) is 13.9 Å². The Balaban J connectivity index is 1.62. The lowest BCUT2D eigenvalue weighted by Gasteiger charge is -2.22. The summed E-state index contributed by atoms with van der Waals surface area (Å²) in [4.78, 5) is 0. The van der Waals surface area contributed by atoms with Gasteiger partial charge in [0.2, 0.25) is 0 Å². The summed E-state index contributed by atoms with van der Waals surface area (Å²) in [7, 11) is 0. The van der Waals surface area contributed by atoms with Gasteiger partial charge >= 0.3 is 0 Å². The number of hydrogen-bond donors (Lipinski definition) is 2. The van der Waals surface area contributed by atoms with E-state index in [1.165, 1.54) is 25.3 Å². The summed E-state index contributed by atoms with van der Waals surface area (Å²) in [6.45, 7) is 1.53. The van der Waals surface area contributed by atoms with Gasteiger partial charge in [0.1, 0.15) is 0 Å². The molecule has 2 rings (SSSR count). The molecular formula is C16H23F2NO2. The Morgan fingerprint density at radius 1 is 1.19 bits per heavy atom. The highest BCUT2D eigenvalue weighted by molar-refractivity contribution is 5.20. The third-order valence-electron chi connectivity index (χ3n) is 3.85. The van der Waals surface area contributed by atoms with Crippen molar-refractivity contribution in [1.82, 2.24) is 5.32 Å². The number of benzene rings is 1. The molecular weight excluding hydrogens is 276 g/mol. The van der Waals surface area contributed by atoms with Crippen LogP contribution in [0.2, 0.25) is 0 Å². The summed E-state index contributed by atoms with van der Waals surface area (Å²) in [6, 6.07) is 3.45. The fourth-order valence-electron chi connectivity index (χ4n) is 2.61. The average Bonchev–Trinajstić information content (AvgIpc) is 2.50. The van der Waals surface area contributed by atoms with Crippen molar-refractivity contribution < 1.29 is 18.6 Å². The highest BCUT2D eigenvalue weighted by Gasteiger charge is 2.13. The van der Waals surface area contributed by atoms with Crippen LogP contribution in [-0.4, -0.2) is 30.9 Å². The Morgan fingerprint density at radius 3 is 2.67 bits per heavy atom. The van der Waals surface area contributed by atoms with Gasteiger partial charge in [0.05, 0.1) is 18.8 Å². The Hall–Kier alpha value is -1.04. The fourth-order valence-corrected chi connectivity index (χ4v) is 2.61. The maximum absolute atomic E-state index is 13.1. The summed E-state index contributed by atoms with van der Waals surface area (Å²) < 4.78 is 31.6. The number of ether oxygens (including phenoxy) is 1. The first-order valence-electron chi connectivity index (χ1n) is 7.62. The fraction of sp³-hybridized carbons (Fsp3) is 0.625. The second-order valence-corrected chi connectivity index (χ2v) is 5.52. The van der Waals surface area contributed by atoms with Crippen molar-refractivity contribution in [2.45, 2.75) is 44.3 Å². The summed E-state index contributed by atoms with van der Waals surface area (Å²) in [5.74, 6) is -1.84. The van der Waals surface area contributed by atoms with Gasteiger partial charge in [0, 0.05) is 13.1 Å². The van der Waals surface area contributed by atoms with Crippen molar-refractivity contribution in [3.63, 3.8) is 0 Å². The van der Waals surface area contributed by atoms with Crippen LogP contribution in [0.3, 0.4) is 0 Å². The monoisotopic (exact) mass is 299 g/mol. The largest absolute Gasteiger partial charge is 0.387 e. The summed E-state index contributed by atoms with van der Waals surface area (Å²) in [6.07, 6.45) is 5.58. The Bertz CT molecular complexity index is 436. The maximum Gasteiger partial charge on any atom is 0.159 e. The zero-order valence-corrected chi connectivity index (χ0v) is 12.2. The van der Waals surface area contributed by atoms with Crippen LogP contribution in [0.1, 0.15) is 43.8 Å². The van der Waals surface area contributed by atoms with Gasteiger partial charge < -0.3 is 15.2 Å². The molecule has 0 saturated heterocycles. The van der Waals surface area contributed by atoms with E-state index in [1.54, 1.807) is 0 Å². The first kappa shape index (κ1) is 16.3. The van der Waals surface area contributed by atoms with Crippen LogP contribution in [0, 0.1) is 11.6 Å². The van der Waals surface area contributed by atoms with Crippen molar-refractivity contribution in [1.29, 1.82) is 0 Å². The lowest BCUT2D eigenvalue weighted by Crippen LogP contribution is -2.27. The molecule has 0 amide bonds. The first-order valence-corrected chi connectivity index (χ1v) is 7.62. The highest BCUT2D eigenvalue weighted by atomic mass is 19.2. The summed E-state index contributed by atoms with van der Waals surface area (Å²) >= 11 is 0. The standard InChI is InChI=1S/C16H23F2NO2/c17-14-7-6-12(10-15(14)18)16(20)11-19-8-9-21-13-4-2-1-3-5-13/h6-7,10,13,16,19-20H,1-5,8-9,11H2. The minimum absolute atomic E-state index is 0.291. The number of nitrogens with one attached hydrogen (secondary N) is 1. The van der Waals surface area contributed by atoms with Gasteiger partial charge in [-0.25, -0.2) is 8.78 Å². The van der Waals surface area contributed by atoms with Crippen LogP contribution in [-0.2, 0) is 4.74 Å². The van der Waals surface area contributed by atoms with Gasteiger partial charge in [0.25, 0.3) is 0 Å².